The van der Waals surface area contributed by atoms with Crippen molar-refractivity contribution in [3.05, 3.63) is 58.5 Å². The fraction of sp³-hybridized carbons (Fsp3) is 0.286. The van der Waals surface area contributed by atoms with Gasteiger partial charge in [-0.25, -0.2) is 0 Å². The monoisotopic (exact) mass is 250 g/mol. The van der Waals surface area contributed by atoms with Crippen molar-refractivity contribution < 1.29 is 9.52 Å². The molecule has 0 aliphatic heterocycles. The molecule has 0 radical (unpaired) electrons. The summed E-state index contributed by atoms with van der Waals surface area (Å²) in [6, 6.07) is 11.6. The van der Waals surface area contributed by atoms with Gasteiger partial charge in [0.05, 0.1) is 0 Å². The summed E-state index contributed by atoms with van der Waals surface area (Å²) in [5, 5.41) is 10.3. The lowest BCUT2D eigenvalue weighted by atomic mass is 10.0. The molecule has 1 aromatic carbocycles. The molecule has 1 unspecified atom stereocenters. The fourth-order valence-corrected chi connectivity index (χ4v) is 1.89. The molecule has 17 heavy (non-hydrogen) atoms. The van der Waals surface area contributed by atoms with E-state index in [0.29, 0.717) is 17.4 Å². The topological polar surface area (TPSA) is 33.4 Å². The first-order valence-corrected chi connectivity index (χ1v) is 6.08. The summed E-state index contributed by atoms with van der Waals surface area (Å²) in [5.74, 6) is 0.509. The van der Waals surface area contributed by atoms with E-state index in [9.17, 15) is 5.11 Å². The van der Waals surface area contributed by atoms with Crippen molar-refractivity contribution in [1.29, 1.82) is 0 Å². The van der Waals surface area contributed by atoms with Gasteiger partial charge in [-0.1, -0.05) is 31.2 Å². The van der Waals surface area contributed by atoms with Gasteiger partial charge in [0.25, 0.3) is 0 Å². The lowest BCUT2D eigenvalue weighted by Gasteiger charge is -2.08. The van der Waals surface area contributed by atoms with Crippen LogP contribution in [0.5, 0.6) is 0 Å². The molecule has 0 amide bonds. The second kappa shape index (κ2) is 5.39. The number of hydrogen-bond acceptors (Lipinski definition) is 2. The zero-order valence-corrected chi connectivity index (χ0v) is 10.4. The molecule has 0 saturated carbocycles. The highest BCUT2D eigenvalue weighted by atomic mass is 35.5. The Hall–Kier alpha value is -1.25. The highest BCUT2D eigenvalue weighted by Crippen LogP contribution is 2.23. The van der Waals surface area contributed by atoms with Crippen LogP contribution in [-0.4, -0.2) is 5.11 Å². The number of halogens is 1. The summed E-state index contributed by atoms with van der Waals surface area (Å²) in [4.78, 5) is 0. The number of benzene rings is 1. The molecule has 0 fully saturated rings. The van der Waals surface area contributed by atoms with Gasteiger partial charge >= 0.3 is 0 Å². The van der Waals surface area contributed by atoms with Crippen LogP contribution in [0.1, 0.15) is 29.9 Å². The van der Waals surface area contributed by atoms with Gasteiger partial charge in [-0.05, 0) is 41.3 Å². The second-order valence-electron chi connectivity index (χ2n) is 4.03. The van der Waals surface area contributed by atoms with Crippen molar-refractivity contribution in [3.8, 4) is 0 Å². The normalized spacial score (nSPS) is 12.6. The average molecular weight is 251 g/mol. The van der Waals surface area contributed by atoms with Gasteiger partial charge in [-0.3, -0.25) is 0 Å². The molecule has 2 aromatic rings. The minimum Gasteiger partial charge on any atom is -0.447 e. The predicted molar refractivity (Wildman–Crippen MR) is 68.2 cm³/mol. The van der Waals surface area contributed by atoms with E-state index in [0.717, 1.165) is 12.0 Å². The van der Waals surface area contributed by atoms with Crippen molar-refractivity contribution in [2.24, 2.45) is 0 Å². The van der Waals surface area contributed by atoms with Gasteiger partial charge in [0, 0.05) is 6.42 Å². The maximum Gasteiger partial charge on any atom is 0.193 e. The van der Waals surface area contributed by atoms with Crippen LogP contribution < -0.4 is 0 Å². The van der Waals surface area contributed by atoms with Crippen molar-refractivity contribution in [2.75, 3.05) is 0 Å². The van der Waals surface area contributed by atoms with Gasteiger partial charge in [0.15, 0.2) is 5.22 Å². The predicted octanol–water partition coefficient (Wildman–Crippen LogP) is 3.77. The van der Waals surface area contributed by atoms with Gasteiger partial charge < -0.3 is 9.52 Å². The molecule has 1 N–H and O–H groups in total. The number of furan rings is 1. The lowest BCUT2D eigenvalue weighted by Crippen LogP contribution is -2.00. The maximum absolute atomic E-state index is 9.96. The number of aliphatic hydroxyl groups is 1. The molecule has 0 bridgehead atoms. The summed E-state index contributed by atoms with van der Waals surface area (Å²) in [5.41, 5.74) is 2.38. The average Bonchev–Trinajstić information content (AvgIpc) is 2.77. The maximum atomic E-state index is 9.96. The highest BCUT2D eigenvalue weighted by Gasteiger charge is 2.12. The van der Waals surface area contributed by atoms with E-state index in [1.807, 2.05) is 12.1 Å². The number of aryl methyl sites for hydroxylation is 1. The van der Waals surface area contributed by atoms with Crippen LogP contribution in [0.3, 0.4) is 0 Å². The highest BCUT2D eigenvalue weighted by molar-refractivity contribution is 6.28. The Kier molecular flexibility index (Phi) is 3.87. The third kappa shape index (κ3) is 3.11. The van der Waals surface area contributed by atoms with E-state index >= 15 is 0 Å². The molecule has 0 saturated heterocycles. The summed E-state index contributed by atoms with van der Waals surface area (Å²) >= 11 is 5.67. The molecule has 0 aliphatic carbocycles. The van der Waals surface area contributed by atoms with Crippen molar-refractivity contribution in [1.82, 2.24) is 0 Å². The van der Waals surface area contributed by atoms with Crippen molar-refractivity contribution in [3.63, 3.8) is 0 Å². The molecule has 0 spiro atoms. The van der Waals surface area contributed by atoms with E-state index in [-0.39, 0.29) is 0 Å². The van der Waals surface area contributed by atoms with E-state index in [1.54, 1.807) is 12.1 Å². The Morgan fingerprint density at radius 2 is 1.76 bits per heavy atom. The van der Waals surface area contributed by atoms with Gasteiger partial charge in [0.2, 0.25) is 0 Å². The van der Waals surface area contributed by atoms with Crippen LogP contribution in [0.25, 0.3) is 0 Å². The Morgan fingerprint density at radius 3 is 2.29 bits per heavy atom. The number of hydrogen-bond donors (Lipinski definition) is 1. The smallest absolute Gasteiger partial charge is 0.193 e. The Balaban J connectivity index is 2.04. The third-order valence-corrected chi connectivity index (χ3v) is 2.99. The summed E-state index contributed by atoms with van der Waals surface area (Å²) < 4.78 is 5.18. The molecule has 1 aromatic heterocycles. The van der Waals surface area contributed by atoms with Gasteiger partial charge in [-0.2, -0.15) is 0 Å². The van der Waals surface area contributed by atoms with Crippen LogP contribution in [0.15, 0.2) is 40.8 Å². The zero-order valence-electron chi connectivity index (χ0n) is 9.69. The van der Waals surface area contributed by atoms with Crippen LogP contribution in [0, 0.1) is 0 Å². The second-order valence-corrected chi connectivity index (χ2v) is 4.40. The molecule has 2 rings (SSSR count). The SMILES string of the molecule is CCc1ccc(CC(O)c2ccc(Cl)o2)cc1. The Bertz CT molecular complexity index is 473. The van der Waals surface area contributed by atoms with Crippen LogP contribution in [0.2, 0.25) is 5.22 Å². The van der Waals surface area contributed by atoms with Crippen molar-refractivity contribution >= 4 is 11.6 Å². The van der Waals surface area contributed by atoms with Crippen LogP contribution >= 0.6 is 11.6 Å². The lowest BCUT2D eigenvalue weighted by molar-refractivity contribution is 0.150. The third-order valence-electron chi connectivity index (χ3n) is 2.78. The first kappa shape index (κ1) is 12.2. The zero-order chi connectivity index (χ0) is 12.3. The molecule has 90 valence electrons. The minimum absolute atomic E-state index is 0.306. The first-order valence-electron chi connectivity index (χ1n) is 5.70. The number of rotatable bonds is 4. The summed E-state index contributed by atoms with van der Waals surface area (Å²) in [6.45, 7) is 2.12. The van der Waals surface area contributed by atoms with E-state index < -0.39 is 6.10 Å². The summed E-state index contributed by atoms with van der Waals surface area (Å²) in [6.07, 6.45) is 0.916. The quantitative estimate of drug-likeness (QED) is 0.896. The van der Waals surface area contributed by atoms with E-state index in [4.69, 9.17) is 16.0 Å². The molecule has 0 aliphatic rings. The molecule has 1 heterocycles. The fourth-order valence-electron chi connectivity index (χ4n) is 1.74. The largest absolute Gasteiger partial charge is 0.447 e. The van der Waals surface area contributed by atoms with E-state index in [2.05, 4.69) is 19.1 Å². The van der Waals surface area contributed by atoms with Crippen molar-refractivity contribution in [2.45, 2.75) is 25.9 Å². The number of aliphatic hydroxyl groups excluding tert-OH is 1. The van der Waals surface area contributed by atoms with Crippen LogP contribution in [0.4, 0.5) is 0 Å². The first-order chi connectivity index (χ1) is 8.19. The minimum atomic E-state index is -0.644. The molecule has 3 heteroatoms. The van der Waals surface area contributed by atoms with Gasteiger partial charge in [0.1, 0.15) is 11.9 Å². The Labute approximate surface area is 106 Å². The summed E-state index contributed by atoms with van der Waals surface area (Å²) in [7, 11) is 0. The molecule has 1 atom stereocenters. The molecular weight excluding hydrogens is 236 g/mol. The molecular formula is C14H15ClO2. The standard InChI is InChI=1S/C14H15ClO2/c1-2-10-3-5-11(6-4-10)9-12(16)13-7-8-14(15)17-13/h3-8,12,16H,2,9H2,1H3. The van der Waals surface area contributed by atoms with Gasteiger partial charge in [-0.15, -0.1) is 0 Å². The van der Waals surface area contributed by atoms with Crippen LogP contribution in [-0.2, 0) is 12.8 Å². The van der Waals surface area contributed by atoms with E-state index in [1.165, 1.54) is 5.56 Å². The Morgan fingerprint density at radius 1 is 1.12 bits per heavy atom. The molecule has 2 nitrogen and oxygen atoms in total.